The van der Waals surface area contributed by atoms with Gasteiger partial charge in [0.2, 0.25) is 5.91 Å². The van der Waals surface area contributed by atoms with Crippen LogP contribution in [0.3, 0.4) is 0 Å². The Morgan fingerprint density at radius 3 is 2.80 bits per heavy atom. The number of likely N-dealkylation sites (tertiary alicyclic amines) is 1. The maximum absolute atomic E-state index is 12.2. The molecule has 2 heterocycles. The van der Waals surface area contributed by atoms with E-state index in [1.807, 2.05) is 5.32 Å². The summed E-state index contributed by atoms with van der Waals surface area (Å²) in [4.78, 5) is 25.8. The number of carbonyl (C=O) groups excluding carboxylic acids is 2. The van der Waals surface area contributed by atoms with Crippen molar-refractivity contribution in [1.82, 2.24) is 10.2 Å². The van der Waals surface area contributed by atoms with Crippen molar-refractivity contribution in [3.05, 3.63) is 22.4 Å². The lowest BCUT2D eigenvalue weighted by molar-refractivity contribution is -0.140. The van der Waals surface area contributed by atoms with E-state index in [0.29, 0.717) is 24.3 Å². The van der Waals surface area contributed by atoms with Gasteiger partial charge in [-0.2, -0.15) is 13.2 Å². The Balaban J connectivity index is 2.00. The van der Waals surface area contributed by atoms with Crippen molar-refractivity contribution in [2.24, 2.45) is 0 Å². The zero-order chi connectivity index (χ0) is 14.8. The average molecular weight is 306 g/mol. The third-order valence-corrected chi connectivity index (χ3v) is 3.87. The average Bonchev–Trinajstić information content (AvgIpc) is 3.04. The number of thiophene rings is 1. The summed E-state index contributed by atoms with van der Waals surface area (Å²) >= 11 is 1.25. The highest BCUT2D eigenvalue weighted by molar-refractivity contribution is 7.12. The molecule has 1 aromatic rings. The van der Waals surface area contributed by atoms with Crippen molar-refractivity contribution in [3.8, 4) is 0 Å². The third kappa shape index (κ3) is 3.50. The number of nitrogens with zero attached hydrogens (tertiary/aromatic N) is 1. The molecule has 110 valence electrons. The fourth-order valence-corrected chi connectivity index (χ4v) is 2.81. The van der Waals surface area contributed by atoms with Crippen LogP contribution in [0.5, 0.6) is 0 Å². The summed E-state index contributed by atoms with van der Waals surface area (Å²) in [5, 5.41) is 3.58. The van der Waals surface area contributed by atoms with Crippen molar-refractivity contribution in [3.63, 3.8) is 0 Å². The normalized spacial score (nSPS) is 19.1. The molecule has 2 amide bonds. The predicted octanol–water partition coefficient (Wildman–Crippen LogP) is 2.03. The Morgan fingerprint density at radius 2 is 2.20 bits per heavy atom. The minimum Gasteiger partial charge on any atom is -0.345 e. The van der Waals surface area contributed by atoms with Crippen LogP contribution in [-0.2, 0) is 4.79 Å². The van der Waals surface area contributed by atoms with Crippen LogP contribution in [0.1, 0.15) is 22.5 Å². The molecule has 1 aromatic heterocycles. The minimum atomic E-state index is -4.45. The van der Waals surface area contributed by atoms with Crippen LogP contribution in [0.2, 0.25) is 0 Å². The zero-order valence-corrected chi connectivity index (χ0v) is 11.3. The molecule has 0 spiro atoms. The van der Waals surface area contributed by atoms with Gasteiger partial charge in [0.15, 0.2) is 0 Å². The molecule has 1 atom stereocenters. The SMILES string of the molecule is O=C(NCC(F)(F)F)[C@@H]1CCCN1C(=O)c1cccs1. The van der Waals surface area contributed by atoms with Gasteiger partial charge in [-0.3, -0.25) is 9.59 Å². The molecule has 1 fully saturated rings. The molecule has 0 saturated carbocycles. The Morgan fingerprint density at radius 1 is 1.45 bits per heavy atom. The number of nitrogens with one attached hydrogen (secondary N) is 1. The molecule has 0 aromatic carbocycles. The monoisotopic (exact) mass is 306 g/mol. The Labute approximate surface area is 117 Å². The van der Waals surface area contributed by atoms with E-state index in [2.05, 4.69) is 0 Å². The maximum atomic E-state index is 12.2. The molecule has 0 bridgehead atoms. The van der Waals surface area contributed by atoms with E-state index >= 15 is 0 Å². The summed E-state index contributed by atoms with van der Waals surface area (Å²) in [7, 11) is 0. The smallest absolute Gasteiger partial charge is 0.345 e. The number of alkyl halides is 3. The summed E-state index contributed by atoms with van der Waals surface area (Å²) in [6, 6.07) is 2.54. The van der Waals surface area contributed by atoms with Crippen LogP contribution in [0.25, 0.3) is 0 Å². The van der Waals surface area contributed by atoms with E-state index in [0.717, 1.165) is 0 Å². The summed E-state index contributed by atoms with van der Waals surface area (Å²) in [5.74, 6) is -1.05. The molecule has 2 rings (SSSR count). The van der Waals surface area contributed by atoms with Crippen LogP contribution in [0.4, 0.5) is 13.2 Å². The highest BCUT2D eigenvalue weighted by Gasteiger charge is 2.36. The minimum absolute atomic E-state index is 0.301. The molecule has 4 nitrogen and oxygen atoms in total. The first-order chi connectivity index (χ1) is 9.38. The van der Waals surface area contributed by atoms with Gasteiger partial charge in [0.1, 0.15) is 12.6 Å². The summed E-state index contributed by atoms with van der Waals surface area (Å²) in [6.45, 7) is -0.982. The van der Waals surface area contributed by atoms with Crippen LogP contribution in [0, 0.1) is 0 Å². The van der Waals surface area contributed by atoms with Crippen LogP contribution in [0.15, 0.2) is 17.5 Å². The Kier molecular flexibility index (Phi) is 4.32. The lowest BCUT2D eigenvalue weighted by Crippen LogP contribution is -2.47. The van der Waals surface area contributed by atoms with E-state index in [1.54, 1.807) is 17.5 Å². The van der Waals surface area contributed by atoms with E-state index in [9.17, 15) is 22.8 Å². The molecule has 1 aliphatic heterocycles. The standard InChI is InChI=1S/C12H13F3N2O2S/c13-12(14,15)7-16-10(18)8-3-1-5-17(8)11(19)9-4-2-6-20-9/h2,4,6,8H,1,3,5,7H2,(H,16,18)/t8-/m0/s1. The van der Waals surface area contributed by atoms with Gasteiger partial charge >= 0.3 is 6.18 Å². The van der Waals surface area contributed by atoms with Gasteiger partial charge in [0, 0.05) is 6.54 Å². The molecule has 0 radical (unpaired) electrons. The van der Waals surface area contributed by atoms with Gasteiger partial charge in [-0.25, -0.2) is 0 Å². The molecule has 1 saturated heterocycles. The van der Waals surface area contributed by atoms with Crippen molar-refractivity contribution >= 4 is 23.2 Å². The maximum Gasteiger partial charge on any atom is 0.405 e. The van der Waals surface area contributed by atoms with E-state index in [-0.39, 0.29) is 5.91 Å². The number of hydrogen-bond donors (Lipinski definition) is 1. The molecule has 0 unspecified atom stereocenters. The molecule has 20 heavy (non-hydrogen) atoms. The van der Waals surface area contributed by atoms with Gasteiger partial charge in [-0.15, -0.1) is 11.3 Å². The summed E-state index contributed by atoms with van der Waals surface area (Å²) < 4.78 is 36.3. The zero-order valence-electron chi connectivity index (χ0n) is 10.4. The Bertz CT molecular complexity index is 487. The van der Waals surface area contributed by atoms with Gasteiger partial charge < -0.3 is 10.2 Å². The van der Waals surface area contributed by atoms with Crippen molar-refractivity contribution in [2.75, 3.05) is 13.1 Å². The van der Waals surface area contributed by atoms with Crippen molar-refractivity contribution < 1.29 is 22.8 Å². The van der Waals surface area contributed by atoms with E-state index in [1.165, 1.54) is 16.2 Å². The Hall–Kier alpha value is -1.57. The van der Waals surface area contributed by atoms with Crippen LogP contribution >= 0.6 is 11.3 Å². The van der Waals surface area contributed by atoms with E-state index < -0.39 is 24.7 Å². The van der Waals surface area contributed by atoms with Gasteiger partial charge in [0.05, 0.1) is 4.88 Å². The second kappa shape index (κ2) is 5.82. The fraction of sp³-hybridized carbons (Fsp3) is 0.500. The molecular weight excluding hydrogens is 293 g/mol. The molecule has 8 heteroatoms. The number of rotatable bonds is 3. The highest BCUT2D eigenvalue weighted by Crippen LogP contribution is 2.22. The molecule has 0 aliphatic carbocycles. The predicted molar refractivity (Wildman–Crippen MR) is 67.4 cm³/mol. The van der Waals surface area contributed by atoms with E-state index in [4.69, 9.17) is 0 Å². The first-order valence-electron chi connectivity index (χ1n) is 6.07. The second-order valence-corrected chi connectivity index (χ2v) is 5.41. The molecule has 1 N–H and O–H groups in total. The summed E-state index contributed by atoms with van der Waals surface area (Å²) in [5.41, 5.74) is 0. The topological polar surface area (TPSA) is 49.4 Å². The number of halogens is 3. The van der Waals surface area contributed by atoms with Gasteiger partial charge in [-0.1, -0.05) is 6.07 Å². The lowest BCUT2D eigenvalue weighted by atomic mass is 10.2. The first-order valence-corrected chi connectivity index (χ1v) is 6.95. The largest absolute Gasteiger partial charge is 0.405 e. The quantitative estimate of drug-likeness (QED) is 0.929. The van der Waals surface area contributed by atoms with Gasteiger partial charge in [0.25, 0.3) is 5.91 Å². The highest BCUT2D eigenvalue weighted by atomic mass is 32.1. The first kappa shape index (κ1) is 14.8. The third-order valence-electron chi connectivity index (χ3n) is 3.01. The number of hydrogen-bond acceptors (Lipinski definition) is 3. The van der Waals surface area contributed by atoms with Crippen molar-refractivity contribution in [2.45, 2.75) is 25.1 Å². The van der Waals surface area contributed by atoms with Crippen LogP contribution in [-0.4, -0.2) is 42.0 Å². The second-order valence-electron chi connectivity index (χ2n) is 4.47. The summed E-state index contributed by atoms with van der Waals surface area (Å²) in [6.07, 6.45) is -3.45. The fourth-order valence-electron chi connectivity index (χ4n) is 2.13. The molecule has 1 aliphatic rings. The lowest BCUT2D eigenvalue weighted by Gasteiger charge is -2.23. The van der Waals surface area contributed by atoms with Crippen molar-refractivity contribution in [1.29, 1.82) is 0 Å². The molecular formula is C12H13F3N2O2S. The van der Waals surface area contributed by atoms with Gasteiger partial charge in [-0.05, 0) is 24.3 Å². The number of amides is 2. The van der Waals surface area contributed by atoms with Crippen LogP contribution < -0.4 is 5.32 Å². The number of carbonyl (C=O) groups is 2.